The number of halogens is 1. The van der Waals surface area contributed by atoms with Gasteiger partial charge in [0, 0.05) is 44.5 Å². The van der Waals surface area contributed by atoms with Crippen LogP contribution in [0.4, 0.5) is 0 Å². The SMILES string of the molecule is Cc1cc(Cl)ccc1OC(C)C(=O)N(C)CCCc1nccn1C. The first-order valence-electron chi connectivity index (χ1n) is 8.02. The van der Waals surface area contributed by atoms with Crippen LogP contribution in [-0.4, -0.2) is 40.1 Å². The third-order valence-corrected chi connectivity index (χ3v) is 4.21. The lowest BCUT2D eigenvalue weighted by Crippen LogP contribution is -2.38. The Morgan fingerprint density at radius 1 is 1.46 bits per heavy atom. The van der Waals surface area contributed by atoms with Gasteiger partial charge in [0.2, 0.25) is 0 Å². The highest BCUT2D eigenvalue weighted by atomic mass is 35.5. The van der Waals surface area contributed by atoms with Gasteiger partial charge < -0.3 is 14.2 Å². The van der Waals surface area contributed by atoms with Gasteiger partial charge in [-0.3, -0.25) is 4.79 Å². The average Bonchev–Trinajstić information content (AvgIpc) is 2.94. The van der Waals surface area contributed by atoms with Gasteiger partial charge in [-0.05, 0) is 44.0 Å². The first-order valence-corrected chi connectivity index (χ1v) is 8.40. The van der Waals surface area contributed by atoms with Crippen LogP contribution < -0.4 is 4.74 Å². The van der Waals surface area contributed by atoms with E-state index in [4.69, 9.17) is 16.3 Å². The molecule has 1 atom stereocenters. The van der Waals surface area contributed by atoms with E-state index in [1.54, 1.807) is 37.2 Å². The third kappa shape index (κ3) is 4.74. The molecule has 0 spiro atoms. The number of ether oxygens (including phenoxy) is 1. The molecule has 0 aliphatic carbocycles. The summed E-state index contributed by atoms with van der Waals surface area (Å²) in [5.41, 5.74) is 0.916. The van der Waals surface area contributed by atoms with E-state index in [1.165, 1.54) is 0 Å². The minimum Gasteiger partial charge on any atom is -0.481 e. The number of aryl methyl sites for hydroxylation is 3. The molecule has 0 aliphatic heterocycles. The largest absolute Gasteiger partial charge is 0.481 e. The molecule has 1 aromatic carbocycles. The van der Waals surface area contributed by atoms with E-state index in [9.17, 15) is 4.79 Å². The summed E-state index contributed by atoms with van der Waals surface area (Å²) in [7, 11) is 3.77. The van der Waals surface area contributed by atoms with Crippen molar-refractivity contribution < 1.29 is 9.53 Å². The van der Waals surface area contributed by atoms with Crippen LogP contribution in [0.2, 0.25) is 5.02 Å². The van der Waals surface area contributed by atoms with Crippen LogP contribution >= 0.6 is 11.6 Å². The molecule has 0 fully saturated rings. The van der Waals surface area contributed by atoms with Crippen molar-refractivity contribution in [2.75, 3.05) is 13.6 Å². The van der Waals surface area contributed by atoms with E-state index < -0.39 is 6.10 Å². The van der Waals surface area contributed by atoms with Gasteiger partial charge >= 0.3 is 0 Å². The lowest BCUT2D eigenvalue weighted by Gasteiger charge is -2.22. The Labute approximate surface area is 148 Å². The maximum absolute atomic E-state index is 12.4. The highest BCUT2D eigenvalue weighted by Gasteiger charge is 2.19. The van der Waals surface area contributed by atoms with Gasteiger partial charge in [0.25, 0.3) is 5.91 Å². The molecule has 1 unspecified atom stereocenters. The molecule has 1 heterocycles. The smallest absolute Gasteiger partial charge is 0.263 e. The standard InChI is InChI=1S/C18H24ClN3O2/c1-13-12-15(19)7-8-16(13)24-14(2)18(23)22(4)10-5-6-17-20-9-11-21(17)3/h7-9,11-12,14H,5-6,10H2,1-4H3. The van der Waals surface area contributed by atoms with Gasteiger partial charge in [-0.25, -0.2) is 4.98 Å². The van der Waals surface area contributed by atoms with Crippen LogP contribution in [0.5, 0.6) is 5.75 Å². The van der Waals surface area contributed by atoms with Crippen LogP contribution in [0.3, 0.4) is 0 Å². The predicted molar refractivity (Wildman–Crippen MR) is 95.4 cm³/mol. The van der Waals surface area contributed by atoms with Gasteiger partial charge in [0.05, 0.1) is 0 Å². The summed E-state index contributed by atoms with van der Waals surface area (Å²) >= 11 is 5.94. The number of amides is 1. The van der Waals surface area contributed by atoms with Crippen molar-refractivity contribution in [2.45, 2.75) is 32.8 Å². The lowest BCUT2D eigenvalue weighted by atomic mass is 10.2. The highest BCUT2D eigenvalue weighted by molar-refractivity contribution is 6.30. The molecular weight excluding hydrogens is 326 g/mol. The van der Waals surface area contributed by atoms with Crippen molar-refractivity contribution in [3.63, 3.8) is 0 Å². The molecule has 0 radical (unpaired) electrons. The number of benzene rings is 1. The molecule has 1 amide bonds. The Bertz CT molecular complexity index is 699. The van der Waals surface area contributed by atoms with Gasteiger partial charge in [-0.15, -0.1) is 0 Å². The Kier molecular flexibility index (Phi) is 6.26. The van der Waals surface area contributed by atoms with E-state index >= 15 is 0 Å². The first kappa shape index (κ1) is 18.3. The van der Waals surface area contributed by atoms with Crippen molar-refractivity contribution in [3.8, 4) is 5.75 Å². The monoisotopic (exact) mass is 349 g/mol. The first-order chi connectivity index (χ1) is 11.4. The number of rotatable bonds is 7. The summed E-state index contributed by atoms with van der Waals surface area (Å²) in [6.45, 7) is 4.35. The molecule has 0 aliphatic rings. The molecule has 1 aromatic heterocycles. The summed E-state index contributed by atoms with van der Waals surface area (Å²) in [6.07, 6.45) is 4.87. The highest BCUT2D eigenvalue weighted by Crippen LogP contribution is 2.23. The van der Waals surface area contributed by atoms with Gasteiger partial charge in [0.15, 0.2) is 6.10 Å². The molecule has 0 saturated heterocycles. The van der Waals surface area contributed by atoms with Crippen molar-refractivity contribution >= 4 is 17.5 Å². The number of imidazole rings is 1. The summed E-state index contributed by atoms with van der Waals surface area (Å²) in [4.78, 5) is 18.4. The van der Waals surface area contributed by atoms with E-state index in [-0.39, 0.29) is 5.91 Å². The number of nitrogens with zero attached hydrogens (tertiary/aromatic N) is 3. The zero-order valence-corrected chi connectivity index (χ0v) is 15.4. The Morgan fingerprint density at radius 2 is 2.21 bits per heavy atom. The minimum absolute atomic E-state index is 0.0378. The topological polar surface area (TPSA) is 47.4 Å². The van der Waals surface area contributed by atoms with Crippen LogP contribution in [0.1, 0.15) is 24.7 Å². The van der Waals surface area contributed by atoms with E-state index in [0.29, 0.717) is 17.3 Å². The Morgan fingerprint density at radius 3 is 2.83 bits per heavy atom. The second-order valence-electron chi connectivity index (χ2n) is 5.99. The van der Waals surface area contributed by atoms with Crippen molar-refractivity contribution in [1.82, 2.24) is 14.5 Å². The number of likely N-dealkylation sites (N-methyl/N-ethyl adjacent to an activating group) is 1. The molecule has 5 nitrogen and oxygen atoms in total. The Hall–Kier alpha value is -2.01. The number of carbonyl (C=O) groups excluding carboxylic acids is 1. The van der Waals surface area contributed by atoms with Gasteiger partial charge in [-0.2, -0.15) is 0 Å². The molecule has 0 saturated carbocycles. The summed E-state index contributed by atoms with van der Waals surface area (Å²) in [6, 6.07) is 5.38. The number of aromatic nitrogens is 2. The fourth-order valence-electron chi connectivity index (χ4n) is 2.52. The molecule has 0 N–H and O–H groups in total. The molecule has 130 valence electrons. The fraction of sp³-hybridized carbons (Fsp3) is 0.444. The third-order valence-electron chi connectivity index (χ3n) is 3.98. The molecule has 2 aromatic rings. The second kappa shape index (κ2) is 8.20. The zero-order valence-electron chi connectivity index (χ0n) is 14.6. The lowest BCUT2D eigenvalue weighted by molar-refractivity contribution is -0.136. The Balaban J connectivity index is 1.84. The molecule has 2 rings (SSSR count). The zero-order chi connectivity index (χ0) is 17.7. The normalized spacial score (nSPS) is 12.0. The molecule has 0 bridgehead atoms. The maximum atomic E-state index is 12.4. The summed E-state index contributed by atoms with van der Waals surface area (Å²) < 4.78 is 7.78. The van der Waals surface area contributed by atoms with Crippen molar-refractivity contribution in [1.29, 1.82) is 0 Å². The quantitative estimate of drug-likeness (QED) is 0.771. The van der Waals surface area contributed by atoms with Crippen LogP contribution in [0.25, 0.3) is 0 Å². The van der Waals surface area contributed by atoms with Crippen molar-refractivity contribution in [3.05, 3.63) is 47.0 Å². The average molecular weight is 350 g/mol. The second-order valence-corrected chi connectivity index (χ2v) is 6.42. The van der Waals surface area contributed by atoms with Crippen LogP contribution in [0, 0.1) is 6.92 Å². The van der Waals surface area contributed by atoms with Crippen LogP contribution in [0.15, 0.2) is 30.6 Å². The summed E-state index contributed by atoms with van der Waals surface area (Å²) in [5.74, 6) is 1.67. The fourth-order valence-corrected chi connectivity index (χ4v) is 2.74. The van der Waals surface area contributed by atoms with E-state index in [1.807, 2.05) is 30.8 Å². The van der Waals surface area contributed by atoms with Gasteiger partial charge in [0.1, 0.15) is 11.6 Å². The van der Waals surface area contributed by atoms with Gasteiger partial charge in [-0.1, -0.05) is 11.6 Å². The van der Waals surface area contributed by atoms with E-state index in [2.05, 4.69) is 4.98 Å². The predicted octanol–water partition coefficient (Wildman–Crippen LogP) is 3.24. The van der Waals surface area contributed by atoms with Crippen molar-refractivity contribution in [2.24, 2.45) is 7.05 Å². The summed E-state index contributed by atoms with van der Waals surface area (Å²) in [5, 5.41) is 0.658. The molecular formula is C18H24ClN3O2. The maximum Gasteiger partial charge on any atom is 0.263 e. The van der Waals surface area contributed by atoms with Crippen LogP contribution in [-0.2, 0) is 18.3 Å². The van der Waals surface area contributed by atoms with E-state index in [0.717, 1.165) is 24.2 Å². The number of carbonyl (C=O) groups is 1. The molecule has 6 heteroatoms. The number of hydrogen-bond donors (Lipinski definition) is 0. The molecule has 24 heavy (non-hydrogen) atoms. The minimum atomic E-state index is -0.539. The number of hydrogen-bond acceptors (Lipinski definition) is 3.